The number of hydrogen-bond donors (Lipinski definition) is 1. The quantitative estimate of drug-likeness (QED) is 0.680. The van der Waals surface area contributed by atoms with E-state index in [2.05, 4.69) is 5.32 Å². The highest BCUT2D eigenvalue weighted by molar-refractivity contribution is 7.91. The molecule has 0 aromatic carbocycles. The molecule has 0 bridgehead atoms. The van der Waals surface area contributed by atoms with Crippen LogP contribution < -0.4 is 5.32 Å². The summed E-state index contributed by atoms with van der Waals surface area (Å²) in [4.78, 5) is 0. The van der Waals surface area contributed by atoms with E-state index in [1.165, 1.54) is 6.26 Å². The van der Waals surface area contributed by atoms with Crippen LogP contribution in [-0.2, 0) is 14.6 Å². The summed E-state index contributed by atoms with van der Waals surface area (Å²) in [6, 6.07) is -0.116. The van der Waals surface area contributed by atoms with Crippen LogP contribution >= 0.6 is 0 Å². The van der Waals surface area contributed by atoms with Crippen molar-refractivity contribution in [1.82, 2.24) is 5.32 Å². The van der Waals surface area contributed by atoms with Crippen LogP contribution in [0.25, 0.3) is 0 Å². The predicted molar refractivity (Wildman–Crippen MR) is 58.3 cm³/mol. The molecule has 86 valence electrons. The van der Waals surface area contributed by atoms with E-state index in [0.29, 0.717) is 6.61 Å². The van der Waals surface area contributed by atoms with Crippen LogP contribution in [0.1, 0.15) is 20.3 Å². The molecule has 0 rings (SSSR count). The second kappa shape index (κ2) is 6.37. The minimum Gasteiger partial charge on any atom is -0.383 e. The lowest BCUT2D eigenvalue weighted by molar-refractivity contribution is 0.165. The molecule has 0 aliphatic carbocycles. The third kappa shape index (κ3) is 4.93. The van der Waals surface area contributed by atoms with Crippen molar-refractivity contribution in [3.63, 3.8) is 0 Å². The van der Waals surface area contributed by atoms with Crippen molar-refractivity contribution in [1.29, 1.82) is 0 Å². The molecule has 0 aliphatic heterocycles. The zero-order chi connectivity index (χ0) is 11.2. The Bertz CT molecular complexity index is 238. The largest absolute Gasteiger partial charge is 0.383 e. The lowest BCUT2D eigenvalue weighted by Crippen LogP contribution is -2.45. The van der Waals surface area contributed by atoms with Gasteiger partial charge in [0.1, 0.15) is 0 Å². The van der Waals surface area contributed by atoms with Gasteiger partial charge in [-0.15, -0.1) is 0 Å². The standard InChI is InChI=1S/C9H21NO3S/c1-5-6-10-9(7-13-3)8(2)14(4,11)12/h8-10H,5-7H2,1-4H3. The normalized spacial score (nSPS) is 16.6. The monoisotopic (exact) mass is 223 g/mol. The Morgan fingerprint density at radius 3 is 2.36 bits per heavy atom. The third-order valence-electron chi connectivity index (χ3n) is 2.24. The van der Waals surface area contributed by atoms with E-state index < -0.39 is 15.1 Å². The molecule has 0 spiro atoms. The topological polar surface area (TPSA) is 55.4 Å². The predicted octanol–water partition coefficient (Wildman–Crippen LogP) is 0.434. The fraction of sp³-hybridized carbons (Fsp3) is 1.00. The van der Waals surface area contributed by atoms with E-state index in [1.54, 1.807) is 14.0 Å². The first kappa shape index (κ1) is 13.9. The lowest BCUT2D eigenvalue weighted by atomic mass is 10.2. The molecule has 0 aromatic rings. The maximum Gasteiger partial charge on any atom is 0.151 e. The zero-order valence-corrected chi connectivity index (χ0v) is 10.2. The van der Waals surface area contributed by atoms with Gasteiger partial charge in [-0.2, -0.15) is 0 Å². The number of sulfone groups is 1. The van der Waals surface area contributed by atoms with Gasteiger partial charge in [0, 0.05) is 19.4 Å². The molecule has 0 fully saturated rings. The van der Waals surface area contributed by atoms with Crippen molar-refractivity contribution in [2.75, 3.05) is 26.5 Å². The summed E-state index contributed by atoms with van der Waals surface area (Å²) < 4.78 is 27.6. The average Bonchev–Trinajstić information content (AvgIpc) is 2.09. The van der Waals surface area contributed by atoms with Gasteiger partial charge in [0.05, 0.1) is 11.9 Å². The molecule has 0 saturated heterocycles. The molecule has 2 atom stereocenters. The molecule has 5 heteroatoms. The summed E-state index contributed by atoms with van der Waals surface area (Å²) in [6.45, 7) is 4.99. The van der Waals surface area contributed by atoms with Gasteiger partial charge in [0.15, 0.2) is 9.84 Å². The Hall–Kier alpha value is -0.130. The van der Waals surface area contributed by atoms with Gasteiger partial charge >= 0.3 is 0 Å². The van der Waals surface area contributed by atoms with E-state index in [-0.39, 0.29) is 6.04 Å². The van der Waals surface area contributed by atoms with E-state index in [1.807, 2.05) is 6.92 Å². The highest BCUT2D eigenvalue weighted by atomic mass is 32.2. The van der Waals surface area contributed by atoms with Crippen LogP contribution in [0.5, 0.6) is 0 Å². The van der Waals surface area contributed by atoms with Crippen molar-refractivity contribution in [2.24, 2.45) is 0 Å². The first-order chi connectivity index (χ1) is 6.43. The molecular weight excluding hydrogens is 202 g/mol. The van der Waals surface area contributed by atoms with Crippen LogP contribution in [0.15, 0.2) is 0 Å². The number of methoxy groups -OCH3 is 1. The van der Waals surface area contributed by atoms with Crippen molar-refractivity contribution in [2.45, 2.75) is 31.6 Å². The molecule has 0 saturated carbocycles. The summed E-state index contributed by atoms with van der Waals surface area (Å²) in [5.41, 5.74) is 0. The first-order valence-corrected chi connectivity index (χ1v) is 6.80. The van der Waals surface area contributed by atoms with Crippen LogP contribution in [0, 0.1) is 0 Å². The number of nitrogens with one attached hydrogen (secondary N) is 1. The van der Waals surface area contributed by atoms with Crippen LogP contribution in [0.4, 0.5) is 0 Å². The van der Waals surface area contributed by atoms with E-state index in [0.717, 1.165) is 13.0 Å². The number of rotatable bonds is 7. The van der Waals surface area contributed by atoms with Gasteiger partial charge < -0.3 is 10.1 Å². The van der Waals surface area contributed by atoms with Crippen molar-refractivity contribution >= 4 is 9.84 Å². The van der Waals surface area contributed by atoms with Gasteiger partial charge in [0.25, 0.3) is 0 Å². The Morgan fingerprint density at radius 1 is 1.43 bits per heavy atom. The second-order valence-corrected chi connectivity index (χ2v) is 5.95. The van der Waals surface area contributed by atoms with Gasteiger partial charge in [-0.05, 0) is 19.9 Å². The van der Waals surface area contributed by atoms with Crippen molar-refractivity contribution < 1.29 is 13.2 Å². The fourth-order valence-corrected chi connectivity index (χ4v) is 1.94. The molecule has 4 nitrogen and oxygen atoms in total. The summed E-state index contributed by atoms with van der Waals surface area (Å²) >= 11 is 0. The van der Waals surface area contributed by atoms with Crippen molar-refractivity contribution in [3.8, 4) is 0 Å². The van der Waals surface area contributed by atoms with Gasteiger partial charge in [-0.3, -0.25) is 0 Å². The van der Waals surface area contributed by atoms with E-state index in [9.17, 15) is 8.42 Å². The van der Waals surface area contributed by atoms with E-state index in [4.69, 9.17) is 4.74 Å². The minimum absolute atomic E-state index is 0.116. The Labute approximate surface area is 86.9 Å². The smallest absolute Gasteiger partial charge is 0.151 e. The summed E-state index contributed by atoms with van der Waals surface area (Å²) in [6.07, 6.45) is 2.24. The number of hydrogen-bond acceptors (Lipinski definition) is 4. The zero-order valence-electron chi connectivity index (χ0n) is 9.41. The van der Waals surface area contributed by atoms with Crippen LogP contribution in [-0.4, -0.2) is 46.2 Å². The van der Waals surface area contributed by atoms with Crippen molar-refractivity contribution in [3.05, 3.63) is 0 Å². The molecular formula is C9H21NO3S. The maximum absolute atomic E-state index is 11.3. The summed E-state index contributed by atoms with van der Waals surface area (Å²) in [5.74, 6) is 0. The molecule has 0 radical (unpaired) electrons. The molecule has 0 amide bonds. The molecule has 0 aromatic heterocycles. The average molecular weight is 223 g/mol. The SMILES string of the molecule is CCCNC(COC)C(C)S(C)(=O)=O. The molecule has 2 unspecified atom stereocenters. The molecule has 1 N–H and O–H groups in total. The molecule has 0 heterocycles. The minimum atomic E-state index is -3.00. The fourth-order valence-electron chi connectivity index (χ4n) is 1.17. The molecule has 0 aliphatic rings. The van der Waals surface area contributed by atoms with Gasteiger partial charge in [-0.25, -0.2) is 8.42 Å². The Morgan fingerprint density at radius 2 is 2.00 bits per heavy atom. The first-order valence-electron chi connectivity index (χ1n) is 4.84. The lowest BCUT2D eigenvalue weighted by Gasteiger charge is -2.22. The highest BCUT2D eigenvalue weighted by Crippen LogP contribution is 2.05. The van der Waals surface area contributed by atoms with Crippen LogP contribution in [0.2, 0.25) is 0 Å². The summed E-state index contributed by atoms with van der Waals surface area (Å²) in [5, 5.41) is 2.76. The Balaban J connectivity index is 4.32. The Kier molecular flexibility index (Phi) is 6.31. The second-order valence-electron chi connectivity index (χ2n) is 3.55. The van der Waals surface area contributed by atoms with E-state index >= 15 is 0 Å². The van der Waals surface area contributed by atoms with Gasteiger partial charge in [0.2, 0.25) is 0 Å². The third-order valence-corrected chi connectivity index (χ3v) is 3.92. The van der Waals surface area contributed by atoms with Gasteiger partial charge in [-0.1, -0.05) is 6.92 Å². The van der Waals surface area contributed by atoms with Crippen LogP contribution in [0.3, 0.4) is 0 Å². The highest BCUT2D eigenvalue weighted by Gasteiger charge is 2.24. The number of ether oxygens (including phenoxy) is 1. The molecule has 14 heavy (non-hydrogen) atoms. The maximum atomic E-state index is 11.3. The summed E-state index contributed by atoms with van der Waals surface area (Å²) in [7, 11) is -1.42.